The average molecular weight is 477 g/mol. The van der Waals surface area contributed by atoms with Gasteiger partial charge in [0.15, 0.2) is 0 Å². The maximum absolute atomic E-state index is 12.9. The second kappa shape index (κ2) is 10.6. The van der Waals surface area contributed by atoms with Crippen LogP contribution in [0.5, 0.6) is 0 Å². The van der Waals surface area contributed by atoms with Gasteiger partial charge in [0.2, 0.25) is 0 Å². The number of piperidine rings is 1. The van der Waals surface area contributed by atoms with Gasteiger partial charge in [-0.05, 0) is 43.0 Å². The Morgan fingerprint density at radius 3 is 2.61 bits per heavy atom. The second-order valence-corrected chi connectivity index (χ2v) is 8.74. The van der Waals surface area contributed by atoms with Crippen molar-refractivity contribution in [2.45, 2.75) is 30.3 Å². The van der Waals surface area contributed by atoms with Crippen LogP contribution in [0.2, 0.25) is 0 Å². The van der Waals surface area contributed by atoms with Gasteiger partial charge in [-0.15, -0.1) is 24.8 Å². The molecular formula is C23H26Cl2N4OS. The zero-order valence-electron chi connectivity index (χ0n) is 17.1. The van der Waals surface area contributed by atoms with Gasteiger partial charge in [-0.1, -0.05) is 48.2 Å². The van der Waals surface area contributed by atoms with Crippen molar-refractivity contribution in [2.24, 2.45) is 0 Å². The highest BCUT2D eigenvalue weighted by molar-refractivity contribution is 8.04. The summed E-state index contributed by atoms with van der Waals surface area (Å²) in [6.45, 7) is 3.16. The number of benzene rings is 1. The van der Waals surface area contributed by atoms with Crippen molar-refractivity contribution in [3.05, 3.63) is 70.9 Å². The van der Waals surface area contributed by atoms with E-state index < -0.39 is 0 Å². The number of amides is 1. The lowest BCUT2D eigenvalue weighted by Gasteiger charge is -2.32. The highest BCUT2D eigenvalue weighted by atomic mass is 35.5. The predicted octanol–water partition coefficient (Wildman–Crippen LogP) is 4.45. The van der Waals surface area contributed by atoms with Crippen LogP contribution < -0.4 is 5.32 Å². The van der Waals surface area contributed by atoms with E-state index in [9.17, 15) is 4.79 Å². The van der Waals surface area contributed by atoms with Crippen LogP contribution in [0.15, 0.2) is 64.7 Å². The summed E-state index contributed by atoms with van der Waals surface area (Å²) in [5.74, 6) is 0.0298. The van der Waals surface area contributed by atoms with E-state index in [0.717, 1.165) is 60.2 Å². The first-order chi connectivity index (χ1) is 14.3. The van der Waals surface area contributed by atoms with Crippen LogP contribution >= 0.6 is 36.6 Å². The van der Waals surface area contributed by atoms with E-state index in [-0.39, 0.29) is 36.8 Å². The molecule has 2 aromatic heterocycles. The summed E-state index contributed by atoms with van der Waals surface area (Å²) in [7, 11) is 0. The molecule has 1 aromatic carbocycles. The van der Waals surface area contributed by atoms with Crippen LogP contribution in [-0.4, -0.2) is 45.9 Å². The smallest absolute Gasteiger partial charge is 0.258 e. The van der Waals surface area contributed by atoms with E-state index in [0.29, 0.717) is 0 Å². The molecule has 0 radical (unpaired) electrons. The molecule has 1 N–H and O–H groups in total. The lowest BCUT2D eigenvalue weighted by atomic mass is 10.0. The van der Waals surface area contributed by atoms with Crippen molar-refractivity contribution in [3.8, 4) is 0 Å². The molecule has 8 heteroatoms. The largest absolute Gasteiger partial charge is 0.349 e. The number of carbonyl (C=O) groups excluding carboxylic acids is 1. The van der Waals surface area contributed by atoms with Gasteiger partial charge in [-0.25, -0.2) is 4.98 Å². The standard InChI is InChI=1S/C23H24N4OS.2ClH/c28-23(20-15-19-16-24-21-7-4-8-22(29-20)27(19)21)25-18-10-13-26(14-11-18)12-9-17-5-2-1-3-6-17;;/h1-8,15-16,18H,9-14H2,(H,25,28);2*1H. The molecule has 3 aromatic rings. The lowest BCUT2D eigenvalue weighted by molar-refractivity contribution is -0.117. The molecule has 0 spiro atoms. The Bertz CT molecular complexity index is 1060. The third kappa shape index (κ3) is 5.26. The number of rotatable bonds is 5. The monoisotopic (exact) mass is 476 g/mol. The van der Waals surface area contributed by atoms with Crippen LogP contribution in [0.3, 0.4) is 0 Å². The number of nitrogens with one attached hydrogen (secondary N) is 1. The minimum Gasteiger partial charge on any atom is -0.349 e. The number of pyridine rings is 1. The molecule has 5 nitrogen and oxygen atoms in total. The molecule has 0 aliphatic carbocycles. The molecule has 1 saturated heterocycles. The first-order valence-corrected chi connectivity index (χ1v) is 11.0. The number of thioether (sulfide) groups is 1. The van der Waals surface area contributed by atoms with Crippen molar-refractivity contribution < 1.29 is 4.79 Å². The first-order valence-electron chi connectivity index (χ1n) is 10.2. The zero-order chi connectivity index (χ0) is 19.6. The van der Waals surface area contributed by atoms with Gasteiger partial charge < -0.3 is 10.2 Å². The fraction of sp³-hybridized carbons (Fsp3) is 0.304. The van der Waals surface area contributed by atoms with Crippen molar-refractivity contribution in [3.63, 3.8) is 0 Å². The summed E-state index contributed by atoms with van der Waals surface area (Å²) in [4.78, 5) is 20.5. The average Bonchev–Trinajstić information content (AvgIpc) is 3.18. The fourth-order valence-electron chi connectivity index (χ4n) is 4.09. The number of halogens is 2. The van der Waals surface area contributed by atoms with Gasteiger partial charge in [0.1, 0.15) is 5.65 Å². The zero-order valence-corrected chi connectivity index (χ0v) is 19.5. The van der Waals surface area contributed by atoms with Crippen molar-refractivity contribution in [1.29, 1.82) is 0 Å². The molecule has 1 fully saturated rings. The van der Waals surface area contributed by atoms with Gasteiger partial charge in [-0.2, -0.15) is 0 Å². The Hall–Kier alpha value is -1.99. The number of carbonyl (C=O) groups is 1. The molecule has 2 aliphatic heterocycles. The Morgan fingerprint density at radius 1 is 1.06 bits per heavy atom. The summed E-state index contributed by atoms with van der Waals surface area (Å²) in [6.07, 6.45) is 6.87. The molecule has 1 amide bonds. The summed E-state index contributed by atoms with van der Waals surface area (Å²) in [5.41, 5.74) is 3.28. The molecule has 0 unspecified atom stereocenters. The highest BCUT2D eigenvalue weighted by Gasteiger charge is 2.24. The fourth-order valence-corrected chi connectivity index (χ4v) is 5.08. The van der Waals surface area contributed by atoms with Crippen molar-refractivity contribution in [1.82, 2.24) is 19.6 Å². The Labute approximate surface area is 199 Å². The van der Waals surface area contributed by atoms with Gasteiger partial charge in [0.25, 0.3) is 5.91 Å². The van der Waals surface area contributed by atoms with Crippen LogP contribution in [-0.2, 0) is 11.2 Å². The predicted molar refractivity (Wildman–Crippen MR) is 131 cm³/mol. The molecule has 5 rings (SSSR count). The van der Waals surface area contributed by atoms with Gasteiger partial charge >= 0.3 is 0 Å². The van der Waals surface area contributed by atoms with Crippen molar-refractivity contribution in [2.75, 3.05) is 19.6 Å². The summed E-state index contributed by atoms with van der Waals surface area (Å²) in [6, 6.07) is 16.9. The minimum atomic E-state index is 0. The number of hydrogen-bond acceptors (Lipinski definition) is 4. The maximum Gasteiger partial charge on any atom is 0.258 e. The van der Waals surface area contributed by atoms with Crippen LogP contribution in [0, 0.1) is 0 Å². The van der Waals surface area contributed by atoms with Crippen LogP contribution in [0.4, 0.5) is 0 Å². The Morgan fingerprint density at radius 2 is 1.84 bits per heavy atom. The van der Waals surface area contributed by atoms with Crippen LogP contribution in [0.1, 0.15) is 24.1 Å². The third-order valence-corrected chi connectivity index (χ3v) is 6.77. The molecule has 0 bridgehead atoms. The highest BCUT2D eigenvalue weighted by Crippen LogP contribution is 2.34. The van der Waals surface area contributed by atoms with Crippen molar-refractivity contribution >= 4 is 54.2 Å². The van der Waals surface area contributed by atoms with E-state index >= 15 is 0 Å². The minimum absolute atomic E-state index is 0. The molecule has 2 aliphatic rings. The first kappa shape index (κ1) is 23.7. The van der Waals surface area contributed by atoms with E-state index in [1.807, 2.05) is 30.5 Å². The van der Waals surface area contributed by atoms with Gasteiger partial charge in [-0.3, -0.25) is 9.20 Å². The maximum atomic E-state index is 12.9. The Balaban J connectivity index is 0.00000136. The van der Waals surface area contributed by atoms with E-state index in [2.05, 4.69) is 49.9 Å². The van der Waals surface area contributed by atoms with E-state index in [1.165, 1.54) is 17.3 Å². The summed E-state index contributed by atoms with van der Waals surface area (Å²) in [5, 5.41) is 4.29. The number of nitrogens with zero attached hydrogens (tertiary/aromatic N) is 3. The second-order valence-electron chi connectivity index (χ2n) is 7.68. The number of hydrogen-bond donors (Lipinski definition) is 1. The normalized spacial score (nSPS) is 16.2. The number of likely N-dealkylation sites (tertiary alicyclic amines) is 1. The summed E-state index contributed by atoms with van der Waals surface area (Å²) >= 11 is 1.52. The lowest BCUT2D eigenvalue weighted by Crippen LogP contribution is -2.45. The quantitative estimate of drug-likeness (QED) is 0.590. The summed E-state index contributed by atoms with van der Waals surface area (Å²) < 4.78 is 2.09. The van der Waals surface area contributed by atoms with Gasteiger partial charge in [0.05, 0.1) is 21.8 Å². The topological polar surface area (TPSA) is 49.6 Å². The Kier molecular flexibility index (Phi) is 8.06. The molecule has 0 saturated carbocycles. The third-order valence-electron chi connectivity index (χ3n) is 5.72. The molecule has 164 valence electrons. The van der Waals surface area contributed by atoms with E-state index in [1.54, 1.807) is 0 Å². The SMILES string of the molecule is Cl.Cl.O=C(NC1CCN(CCc2ccccc2)CC1)C1=Cc2cnc3cccc(n23)S1. The van der Waals surface area contributed by atoms with E-state index in [4.69, 9.17) is 0 Å². The van der Waals surface area contributed by atoms with Crippen LogP contribution in [0.25, 0.3) is 11.7 Å². The molecule has 31 heavy (non-hydrogen) atoms. The molecule has 4 heterocycles. The van der Waals surface area contributed by atoms with Gasteiger partial charge in [0, 0.05) is 25.7 Å². The molecule has 0 atom stereocenters. The molecular weight excluding hydrogens is 451 g/mol. The number of aromatic nitrogens is 2. The number of imidazole rings is 1.